The molecule has 0 radical (unpaired) electrons. The van der Waals surface area contributed by atoms with Gasteiger partial charge in [-0.1, -0.05) is 30.3 Å². The van der Waals surface area contributed by atoms with Crippen LogP contribution in [0.2, 0.25) is 0 Å². The Morgan fingerprint density at radius 1 is 1.11 bits per heavy atom. The number of ether oxygens (including phenoxy) is 1. The molecule has 11 heteroatoms. The number of hydrogen-bond donors (Lipinski definition) is 1. The summed E-state index contributed by atoms with van der Waals surface area (Å²) in [6.07, 6.45) is 5.23. The van der Waals surface area contributed by atoms with Gasteiger partial charge in [-0.15, -0.1) is 5.10 Å². The zero-order valence-corrected chi connectivity index (χ0v) is 20.8. The fourth-order valence-corrected chi connectivity index (χ4v) is 4.58. The van der Waals surface area contributed by atoms with E-state index in [0.29, 0.717) is 54.0 Å². The van der Waals surface area contributed by atoms with Crippen molar-refractivity contribution in [2.75, 3.05) is 20.2 Å². The Morgan fingerprint density at radius 3 is 2.47 bits per heavy atom. The quantitative estimate of drug-likeness (QED) is 0.237. The van der Waals surface area contributed by atoms with Crippen molar-refractivity contribution < 1.29 is 19.1 Å². The number of rotatable bonds is 6. The molecule has 4 aromatic rings. The number of nitrogens with one attached hydrogen (secondary N) is 1. The third-order valence-electron chi connectivity index (χ3n) is 6.52. The highest BCUT2D eigenvalue weighted by Crippen LogP contribution is 2.32. The van der Waals surface area contributed by atoms with E-state index in [0.717, 1.165) is 11.1 Å². The van der Waals surface area contributed by atoms with E-state index in [1.165, 1.54) is 42.3 Å². The molecule has 0 unspecified atom stereocenters. The standard InChI is InChI=1S/C27H23N7O4/c1-16(35)25-31-15-34(32-25)26-23-22(21(38-2)14-30-26)20(13-29-23)24(36)27(37)33-10-8-18(9-11-33)19(12-28)17-6-4-3-5-7-17/h3-7,13-15,29H,8-11H2,1-2H3. The van der Waals surface area contributed by atoms with Crippen LogP contribution in [0.15, 0.2) is 54.6 Å². The predicted molar refractivity (Wildman–Crippen MR) is 137 cm³/mol. The van der Waals surface area contributed by atoms with Gasteiger partial charge in [0.2, 0.25) is 5.82 Å². The Bertz CT molecular complexity index is 1630. The Labute approximate surface area is 217 Å². The SMILES string of the molecule is COc1cnc(-n2cnc(C(C)=O)n2)c2[nH]cc(C(=O)C(=O)N3CCC(=C(C#N)c4ccccc4)CC3)c12. The van der Waals surface area contributed by atoms with E-state index in [1.54, 1.807) is 0 Å². The Kier molecular flexibility index (Phi) is 6.53. The molecule has 4 heterocycles. The molecular weight excluding hydrogens is 486 g/mol. The highest BCUT2D eigenvalue weighted by atomic mass is 16.5. The number of likely N-dealkylation sites (tertiary alicyclic amines) is 1. The van der Waals surface area contributed by atoms with Crippen LogP contribution in [-0.4, -0.2) is 67.3 Å². The minimum Gasteiger partial charge on any atom is -0.494 e. The van der Waals surface area contributed by atoms with E-state index in [9.17, 15) is 19.6 Å². The van der Waals surface area contributed by atoms with Gasteiger partial charge in [-0.2, -0.15) is 9.94 Å². The van der Waals surface area contributed by atoms with Gasteiger partial charge in [0.05, 0.1) is 41.4 Å². The third-order valence-corrected chi connectivity index (χ3v) is 6.52. The number of pyridine rings is 1. The summed E-state index contributed by atoms with van der Waals surface area (Å²) in [6, 6.07) is 11.7. The number of nitriles is 1. The second-order valence-corrected chi connectivity index (χ2v) is 8.75. The first-order valence-electron chi connectivity index (χ1n) is 11.9. The number of allylic oxidation sites excluding steroid dienone is 1. The lowest BCUT2D eigenvalue weighted by molar-refractivity contribution is -0.126. The molecule has 1 aliphatic heterocycles. The lowest BCUT2D eigenvalue weighted by atomic mass is 9.93. The fraction of sp³-hybridized carbons (Fsp3) is 0.222. The Balaban J connectivity index is 1.42. The van der Waals surface area contributed by atoms with Crippen LogP contribution in [0.4, 0.5) is 0 Å². The summed E-state index contributed by atoms with van der Waals surface area (Å²) < 4.78 is 6.76. The molecule has 0 atom stereocenters. The maximum atomic E-state index is 13.4. The maximum absolute atomic E-state index is 13.4. The number of carbonyl (C=O) groups is 3. The van der Waals surface area contributed by atoms with Crippen LogP contribution in [0.25, 0.3) is 22.3 Å². The van der Waals surface area contributed by atoms with E-state index < -0.39 is 11.7 Å². The van der Waals surface area contributed by atoms with Crippen molar-refractivity contribution in [3.63, 3.8) is 0 Å². The zero-order valence-electron chi connectivity index (χ0n) is 20.8. The second kappa shape index (κ2) is 10.1. The van der Waals surface area contributed by atoms with Crippen LogP contribution >= 0.6 is 0 Å². The van der Waals surface area contributed by atoms with E-state index in [1.807, 2.05) is 30.3 Å². The summed E-state index contributed by atoms with van der Waals surface area (Å²) in [5, 5.41) is 14.2. The summed E-state index contributed by atoms with van der Waals surface area (Å²) in [5.41, 5.74) is 2.98. The number of fused-ring (bicyclic) bond motifs is 1. The maximum Gasteiger partial charge on any atom is 0.295 e. The topological polar surface area (TPSA) is 147 Å². The van der Waals surface area contributed by atoms with Crippen molar-refractivity contribution in [3.05, 3.63) is 71.6 Å². The average Bonchev–Trinajstić information content (AvgIpc) is 3.62. The normalized spacial score (nSPS) is 13.3. The summed E-state index contributed by atoms with van der Waals surface area (Å²) in [4.78, 5) is 51.1. The Morgan fingerprint density at radius 2 is 1.84 bits per heavy atom. The molecule has 1 amide bonds. The van der Waals surface area contributed by atoms with Crippen LogP contribution in [0.1, 0.15) is 46.3 Å². The molecule has 38 heavy (non-hydrogen) atoms. The van der Waals surface area contributed by atoms with Gasteiger partial charge in [0.1, 0.15) is 12.1 Å². The molecule has 0 bridgehead atoms. The number of amides is 1. The van der Waals surface area contributed by atoms with Crippen molar-refractivity contribution >= 4 is 33.9 Å². The lowest BCUT2D eigenvalue weighted by Crippen LogP contribution is -2.40. The smallest absolute Gasteiger partial charge is 0.295 e. The number of H-pyrrole nitrogens is 1. The van der Waals surface area contributed by atoms with Crippen molar-refractivity contribution in [1.29, 1.82) is 5.26 Å². The van der Waals surface area contributed by atoms with Crippen molar-refractivity contribution in [2.45, 2.75) is 19.8 Å². The van der Waals surface area contributed by atoms with Gasteiger partial charge in [-0.3, -0.25) is 14.4 Å². The van der Waals surface area contributed by atoms with Gasteiger partial charge in [-0.05, 0) is 24.0 Å². The first-order valence-corrected chi connectivity index (χ1v) is 11.9. The van der Waals surface area contributed by atoms with Gasteiger partial charge in [0.25, 0.3) is 11.7 Å². The number of piperidine rings is 1. The molecule has 0 saturated carbocycles. The number of ketones is 2. The van der Waals surface area contributed by atoms with Gasteiger partial charge in [-0.25, -0.2) is 9.97 Å². The van der Waals surface area contributed by atoms with Gasteiger partial charge in [0.15, 0.2) is 11.6 Å². The molecule has 3 aromatic heterocycles. The summed E-state index contributed by atoms with van der Waals surface area (Å²) >= 11 is 0. The van der Waals surface area contributed by atoms with Gasteiger partial charge >= 0.3 is 0 Å². The molecular formula is C27H23N7O4. The number of benzene rings is 1. The van der Waals surface area contributed by atoms with Gasteiger partial charge < -0.3 is 14.6 Å². The summed E-state index contributed by atoms with van der Waals surface area (Å²) in [6.45, 7) is 2.02. The van der Waals surface area contributed by atoms with Crippen molar-refractivity contribution in [3.8, 4) is 17.6 Å². The first-order chi connectivity index (χ1) is 18.4. The van der Waals surface area contributed by atoms with Crippen LogP contribution in [0.3, 0.4) is 0 Å². The molecule has 1 aliphatic rings. The third kappa shape index (κ3) is 4.32. The zero-order chi connectivity index (χ0) is 26.8. The molecule has 190 valence electrons. The predicted octanol–water partition coefficient (Wildman–Crippen LogP) is 3.14. The van der Waals surface area contributed by atoms with Crippen LogP contribution in [-0.2, 0) is 4.79 Å². The molecule has 0 aliphatic carbocycles. The number of hydrogen-bond acceptors (Lipinski definition) is 8. The van der Waals surface area contributed by atoms with Crippen LogP contribution < -0.4 is 4.74 Å². The number of Topliss-reactive ketones (excluding diaryl/α,β-unsaturated/α-hetero) is 2. The second-order valence-electron chi connectivity index (χ2n) is 8.75. The largest absolute Gasteiger partial charge is 0.494 e. The van der Waals surface area contributed by atoms with E-state index in [4.69, 9.17) is 4.74 Å². The van der Waals surface area contributed by atoms with Crippen molar-refractivity contribution in [2.24, 2.45) is 0 Å². The first kappa shape index (κ1) is 24.6. The monoisotopic (exact) mass is 509 g/mol. The molecule has 5 rings (SSSR count). The molecule has 1 saturated heterocycles. The minimum atomic E-state index is -0.689. The van der Waals surface area contributed by atoms with E-state index in [2.05, 4.69) is 26.1 Å². The number of nitrogens with zero attached hydrogens (tertiary/aromatic N) is 6. The molecule has 1 N–H and O–H groups in total. The van der Waals surface area contributed by atoms with Crippen molar-refractivity contribution in [1.82, 2.24) is 29.6 Å². The van der Waals surface area contributed by atoms with Crippen LogP contribution in [0, 0.1) is 11.3 Å². The van der Waals surface area contributed by atoms with Crippen LogP contribution in [0.5, 0.6) is 5.75 Å². The van der Waals surface area contributed by atoms with E-state index >= 15 is 0 Å². The van der Waals surface area contributed by atoms with E-state index in [-0.39, 0.29) is 17.2 Å². The number of aromatic nitrogens is 5. The minimum absolute atomic E-state index is 0.0270. The summed E-state index contributed by atoms with van der Waals surface area (Å²) in [7, 11) is 1.44. The highest BCUT2D eigenvalue weighted by molar-refractivity contribution is 6.45. The number of methoxy groups -OCH3 is 1. The molecule has 11 nitrogen and oxygen atoms in total. The number of carbonyl (C=O) groups excluding carboxylic acids is 3. The summed E-state index contributed by atoms with van der Waals surface area (Å²) in [5.74, 6) is -0.997. The Hall–Kier alpha value is -5.11. The lowest BCUT2D eigenvalue weighted by Gasteiger charge is -2.28. The fourth-order valence-electron chi connectivity index (χ4n) is 4.58. The average molecular weight is 510 g/mol. The van der Waals surface area contributed by atoms with Gasteiger partial charge in [0, 0.05) is 26.2 Å². The molecule has 0 spiro atoms. The number of aromatic amines is 1. The highest BCUT2D eigenvalue weighted by Gasteiger charge is 2.30. The molecule has 1 fully saturated rings. The molecule has 1 aromatic carbocycles.